The number of hydrogen-bond donors (Lipinski definition) is 2. The molecule has 5 heteroatoms. The van der Waals surface area contributed by atoms with Crippen LogP contribution in [0.5, 0.6) is 5.88 Å². The van der Waals surface area contributed by atoms with Crippen LogP contribution in [0.4, 0.5) is 0 Å². The van der Waals surface area contributed by atoms with Crippen molar-refractivity contribution in [1.82, 2.24) is 4.98 Å². The summed E-state index contributed by atoms with van der Waals surface area (Å²) in [5.41, 5.74) is 1.09. The molecule has 25 heavy (non-hydrogen) atoms. The normalized spacial score (nSPS) is 10.8. The largest absolute Gasteiger partial charge is 0.494 e. The van der Waals surface area contributed by atoms with Gasteiger partial charge in [-0.3, -0.25) is 9.78 Å². The molecule has 0 radical (unpaired) electrons. The SMILES string of the molecule is CCCCOC(=O)c1c(O)[nH]c(=O)c2cccc(-c3ccccc3)c12. The van der Waals surface area contributed by atoms with E-state index in [1.54, 1.807) is 12.1 Å². The van der Waals surface area contributed by atoms with E-state index in [4.69, 9.17) is 4.74 Å². The summed E-state index contributed by atoms with van der Waals surface area (Å²) in [6.45, 7) is 2.26. The molecular weight excluding hydrogens is 318 g/mol. The van der Waals surface area contributed by atoms with Gasteiger partial charge in [-0.25, -0.2) is 4.79 Å². The average Bonchev–Trinajstić information content (AvgIpc) is 2.62. The Morgan fingerprint density at radius 2 is 1.88 bits per heavy atom. The van der Waals surface area contributed by atoms with Crippen LogP contribution >= 0.6 is 0 Å². The van der Waals surface area contributed by atoms with E-state index in [0.717, 1.165) is 18.4 Å². The van der Waals surface area contributed by atoms with Crippen molar-refractivity contribution in [2.24, 2.45) is 0 Å². The van der Waals surface area contributed by atoms with Crippen LogP contribution in [-0.2, 0) is 4.74 Å². The molecule has 2 N–H and O–H groups in total. The van der Waals surface area contributed by atoms with E-state index in [-0.39, 0.29) is 12.2 Å². The molecule has 0 unspecified atom stereocenters. The highest BCUT2D eigenvalue weighted by Gasteiger charge is 2.22. The van der Waals surface area contributed by atoms with E-state index in [2.05, 4.69) is 4.98 Å². The van der Waals surface area contributed by atoms with Crippen molar-refractivity contribution in [3.05, 3.63) is 64.4 Å². The Balaban J connectivity index is 2.25. The molecule has 128 valence electrons. The molecule has 3 aromatic rings. The number of carbonyl (C=O) groups is 1. The molecule has 1 heterocycles. The minimum Gasteiger partial charge on any atom is -0.494 e. The number of carbonyl (C=O) groups excluding carboxylic acids is 1. The number of rotatable bonds is 5. The summed E-state index contributed by atoms with van der Waals surface area (Å²) in [5.74, 6) is -1.11. The second kappa shape index (κ2) is 7.21. The summed E-state index contributed by atoms with van der Waals surface area (Å²) < 4.78 is 5.27. The van der Waals surface area contributed by atoms with Crippen LogP contribution in [0, 0.1) is 0 Å². The van der Waals surface area contributed by atoms with Crippen LogP contribution < -0.4 is 5.56 Å². The number of nitrogens with one attached hydrogen (secondary N) is 1. The lowest BCUT2D eigenvalue weighted by Crippen LogP contribution is -2.14. The molecule has 0 fully saturated rings. The van der Waals surface area contributed by atoms with Crippen molar-refractivity contribution in [1.29, 1.82) is 0 Å². The third kappa shape index (κ3) is 3.26. The van der Waals surface area contributed by atoms with E-state index in [0.29, 0.717) is 16.3 Å². The first-order valence-corrected chi connectivity index (χ1v) is 8.24. The summed E-state index contributed by atoms with van der Waals surface area (Å²) >= 11 is 0. The summed E-state index contributed by atoms with van der Waals surface area (Å²) in [6.07, 6.45) is 1.63. The fourth-order valence-electron chi connectivity index (χ4n) is 2.81. The Morgan fingerprint density at radius 1 is 1.12 bits per heavy atom. The van der Waals surface area contributed by atoms with Crippen molar-refractivity contribution in [3.63, 3.8) is 0 Å². The molecular formula is C20H19NO4. The number of benzene rings is 2. The first-order valence-electron chi connectivity index (χ1n) is 8.24. The van der Waals surface area contributed by atoms with E-state index in [1.807, 2.05) is 43.3 Å². The summed E-state index contributed by atoms with van der Waals surface area (Å²) in [6, 6.07) is 14.6. The Morgan fingerprint density at radius 3 is 2.60 bits per heavy atom. The van der Waals surface area contributed by atoms with Crippen LogP contribution in [0.25, 0.3) is 21.9 Å². The number of fused-ring (bicyclic) bond motifs is 1. The Kier molecular flexibility index (Phi) is 4.84. The molecule has 0 bridgehead atoms. The van der Waals surface area contributed by atoms with Gasteiger partial charge < -0.3 is 9.84 Å². The smallest absolute Gasteiger partial charge is 0.344 e. The Hall–Kier alpha value is -3.08. The fraction of sp³-hybridized carbons (Fsp3) is 0.200. The van der Waals surface area contributed by atoms with Crippen molar-refractivity contribution in [2.75, 3.05) is 6.61 Å². The second-order valence-electron chi connectivity index (χ2n) is 5.76. The predicted molar refractivity (Wildman–Crippen MR) is 96.9 cm³/mol. The molecule has 3 rings (SSSR count). The quantitative estimate of drug-likeness (QED) is 0.547. The third-order valence-electron chi connectivity index (χ3n) is 4.05. The minimum absolute atomic E-state index is 0.00911. The molecule has 0 aliphatic rings. The van der Waals surface area contributed by atoms with Crippen molar-refractivity contribution in [2.45, 2.75) is 19.8 Å². The topological polar surface area (TPSA) is 79.4 Å². The van der Waals surface area contributed by atoms with Gasteiger partial charge in [0.1, 0.15) is 5.56 Å². The molecule has 0 atom stereocenters. The van der Waals surface area contributed by atoms with Gasteiger partial charge in [0.05, 0.1) is 6.61 Å². The Bertz CT molecular complexity index is 961. The molecule has 0 spiro atoms. The van der Waals surface area contributed by atoms with E-state index in [1.165, 1.54) is 0 Å². The lowest BCUT2D eigenvalue weighted by molar-refractivity contribution is 0.0498. The number of aromatic hydroxyl groups is 1. The summed E-state index contributed by atoms with van der Waals surface area (Å²) in [4.78, 5) is 27.1. The zero-order chi connectivity index (χ0) is 17.8. The van der Waals surface area contributed by atoms with Gasteiger partial charge in [0.25, 0.3) is 5.56 Å². The monoisotopic (exact) mass is 337 g/mol. The van der Waals surface area contributed by atoms with Crippen LogP contribution in [0.1, 0.15) is 30.1 Å². The standard InChI is InChI=1S/C20H19NO4/c1-2-3-12-25-20(24)17-16-14(13-8-5-4-6-9-13)10-7-11-15(16)18(22)21-19(17)23/h4-11H,2-3,12H2,1H3,(H2,21,22,23). The maximum absolute atomic E-state index is 12.5. The highest BCUT2D eigenvalue weighted by molar-refractivity contribution is 6.11. The van der Waals surface area contributed by atoms with Crippen LogP contribution in [0.3, 0.4) is 0 Å². The molecule has 0 aliphatic heterocycles. The maximum Gasteiger partial charge on any atom is 0.344 e. The van der Waals surface area contributed by atoms with Gasteiger partial charge >= 0.3 is 5.97 Å². The molecule has 5 nitrogen and oxygen atoms in total. The first-order chi connectivity index (χ1) is 12.1. The van der Waals surface area contributed by atoms with Crippen LogP contribution in [-0.4, -0.2) is 22.7 Å². The number of aromatic nitrogens is 1. The molecule has 2 aromatic carbocycles. The number of pyridine rings is 1. The zero-order valence-corrected chi connectivity index (χ0v) is 13.9. The molecule has 0 amide bonds. The summed E-state index contributed by atoms with van der Waals surface area (Å²) in [5, 5.41) is 11.0. The van der Waals surface area contributed by atoms with Crippen molar-refractivity contribution in [3.8, 4) is 17.0 Å². The van der Waals surface area contributed by atoms with Gasteiger partial charge in [0, 0.05) is 10.8 Å². The number of aromatic amines is 1. The average molecular weight is 337 g/mol. The maximum atomic E-state index is 12.5. The number of H-pyrrole nitrogens is 1. The lowest BCUT2D eigenvalue weighted by Gasteiger charge is -2.12. The van der Waals surface area contributed by atoms with E-state index >= 15 is 0 Å². The number of esters is 1. The van der Waals surface area contributed by atoms with Gasteiger partial charge in [-0.05, 0) is 23.6 Å². The highest BCUT2D eigenvalue weighted by atomic mass is 16.5. The molecule has 0 saturated carbocycles. The molecule has 0 saturated heterocycles. The Labute approximate surface area is 144 Å². The number of hydrogen-bond acceptors (Lipinski definition) is 4. The van der Waals surface area contributed by atoms with Gasteiger partial charge in [-0.2, -0.15) is 0 Å². The summed E-state index contributed by atoms with van der Waals surface area (Å²) in [7, 11) is 0. The van der Waals surface area contributed by atoms with Crippen molar-refractivity contribution < 1.29 is 14.6 Å². The van der Waals surface area contributed by atoms with Gasteiger partial charge in [0.2, 0.25) is 5.88 Å². The number of unbranched alkanes of at least 4 members (excludes halogenated alkanes) is 1. The zero-order valence-electron chi connectivity index (χ0n) is 13.9. The van der Waals surface area contributed by atoms with Gasteiger partial charge in [-0.1, -0.05) is 55.8 Å². The van der Waals surface area contributed by atoms with Gasteiger partial charge in [0.15, 0.2) is 0 Å². The first kappa shape index (κ1) is 16.8. The molecule has 1 aromatic heterocycles. The second-order valence-corrected chi connectivity index (χ2v) is 5.76. The third-order valence-corrected chi connectivity index (χ3v) is 4.05. The number of ether oxygens (including phenoxy) is 1. The van der Waals surface area contributed by atoms with Crippen LogP contribution in [0.15, 0.2) is 53.3 Å². The lowest BCUT2D eigenvalue weighted by atomic mass is 9.96. The highest BCUT2D eigenvalue weighted by Crippen LogP contribution is 2.33. The van der Waals surface area contributed by atoms with Crippen molar-refractivity contribution >= 4 is 16.7 Å². The van der Waals surface area contributed by atoms with E-state index in [9.17, 15) is 14.7 Å². The fourth-order valence-corrected chi connectivity index (χ4v) is 2.81. The van der Waals surface area contributed by atoms with E-state index < -0.39 is 17.4 Å². The van der Waals surface area contributed by atoms with Crippen LogP contribution in [0.2, 0.25) is 0 Å². The molecule has 0 aliphatic carbocycles. The van der Waals surface area contributed by atoms with Gasteiger partial charge in [-0.15, -0.1) is 0 Å². The minimum atomic E-state index is -0.643. The predicted octanol–water partition coefficient (Wildman–Crippen LogP) is 3.86.